The summed E-state index contributed by atoms with van der Waals surface area (Å²) in [5, 5.41) is 0. The van der Waals surface area contributed by atoms with Crippen LogP contribution in [0.1, 0.15) is 30.6 Å². The monoisotopic (exact) mass is 215 g/mol. The largest absolute Gasteiger partial charge is 0.372 e. The van der Waals surface area contributed by atoms with Crippen LogP contribution in [0.2, 0.25) is 0 Å². The van der Waals surface area contributed by atoms with Gasteiger partial charge < -0.3 is 10.5 Å². The van der Waals surface area contributed by atoms with Crippen LogP contribution < -0.4 is 5.73 Å². The van der Waals surface area contributed by atoms with Crippen LogP contribution in [0.4, 0.5) is 8.78 Å². The maximum atomic E-state index is 12.4. The van der Waals surface area contributed by atoms with E-state index in [9.17, 15) is 8.78 Å². The Morgan fingerprint density at radius 2 is 2.00 bits per heavy atom. The minimum Gasteiger partial charge on any atom is -0.372 e. The predicted molar refractivity (Wildman–Crippen MR) is 54.8 cm³/mol. The van der Waals surface area contributed by atoms with Gasteiger partial charge >= 0.3 is 0 Å². The van der Waals surface area contributed by atoms with Crippen molar-refractivity contribution in [3.63, 3.8) is 0 Å². The standard InChI is InChI=1S/C11H15F2NO/c1-2-15-10(7-14)8-4-3-5-9(6-8)11(12)13/h3-6,10-11H,2,7,14H2,1H3. The molecule has 0 spiro atoms. The van der Waals surface area contributed by atoms with Crippen LogP contribution in [-0.4, -0.2) is 13.2 Å². The lowest BCUT2D eigenvalue weighted by atomic mass is 10.1. The molecule has 0 aliphatic carbocycles. The first-order valence-corrected chi connectivity index (χ1v) is 4.88. The highest BCUT2D eigenvalue weighted by molar-refractivity contribution is 5.26. The molecule has 4 heteroatoms. The summed E-state index contributed by atoms with van der Waals surface area (Å²) >= 11 is 0. The third-order valence-electron chi connectivity index (χ3n) is 2.12. The van der Waals surface area contributed by atoms with Gasteiger partial charge in [-0.1, -0.05) is 18.2 Å². The van der Waals surface area contributed by atoms with Crippen LogP contribution in [0, 0.1) is 0 Å². The third-order valence-corrected chi connectivity index (χ3v) is 2.12. The zero-order valence-electron chi connectivity index (χ0n) is 8.62. The van der Waals surface area contributed by atoms with Crippen molar-refractivity contribution in [3.05, 3.63) is 35.4 Å². The van der Waals surface area contributed by atoms with E-state index >= 15 is 0 Å². The van der Waals surface area contributed by atoms with Crippen molar-refractivity contribution in [2.75, 3.05) is 13.2 Å². The van der Waals surface area contributed by atoms with Crippen LogP contribution in [0.5, 0.6) is 0 Å². The van der Waals surface area contributed by atoms with E-state index in [4.69, 9.17) is 10.5 Å². The van der Waals surface area contributed by atoms with E-state index in [1.807, 2.05) is 6.92 Å². The number of benzene rings is 1. The van der Waals surface area contributed by atoms with Gasteiger partial charge in [-0.3, -0.25) is 0 Å². The second-order valence-electron chi connectivity index (χ2n) is 3.15. The van der Waals surface area contributed by atoms with Crippen molar-refractivity contribution in [2.45, 2.75) is 19.5 Å². The summed E-state index contributed by atoms with van der Waals surface area (Å²) < 4.78 is 30.2. The summed E-state index contributed by atoms with van der Waals surface area (Å²) in [5.74, 6) is 0. The van der Waals surface area contributed by atoms with Crippen molar-refractivity contribution < 1.29 is 13.5 Å². The van der Waals surface area contributed by atoms with E-state index in [0.717, 1.165) is 0 Å². The Kier molecular flexibility index (Phi) is 4.65. The van der Waals surface area contributed by atoms with Gasteiger partial charge in [0.2, 0.25) is 0 Å². The van der Waals surface area contributed by atoms with Crippen molar-refractivity contribution in [1.82, 2.24) is 0 Å². The predicted octanol–water partition coefficient (Wildman–Crippen LogP) is 2.66. The highest BCUT2D eigenvalue weighted by atomic mass is 19.3. The molecule has 1 rings (SSSR count). The zero-order valence-corrected chi connectivity index (χ0v) is 8.62. The maximum absolute atomic E-state index is 12.4. The van der Waals surface area contributed by atoms with Gasteiger partial charge in [-0.05, 0) is 18.6 Å². The maximum Gasteiger partial charge on any atom is 0.263 e. The van der Waals surface area contributed by atoms with Crippen LogP contribution in [0.25, 0.3) is 0 Å². The molecule has 0 fully saturated rings. The molecule has 2 nitrogen and oxygen atoms in total. The van der Waals surface area contributed by atoms with Crippen LogP contribution in [-0.2, 0) is 4.74 Å². The van der Waals surface area contributed by atoms with Crippen molar-refractivity contribution in [1.29, 1.82) is 0 Å². The molecule has 1 aromatic rings. The first kappa shape index (κ1) is 12.1. The lowest BCUT2D eigenvalue weighted by molar-refractivity contribution is 0.0685. The molecule has 1 atom stereocenters. The first-order chi connectivity index (χ1) is 7.19. The normalized spacial score (nSPS) is 13.1. The molecule has 0 heterocycles. The van der Waals surface area contributed by atoms with Crippen molar-refractivity contribution in [2.24, 2.45) is 5.73 Å². The number of ether oxygens (including phenoxy) is 1. The van der Waals surface area contributed by atoms with Gasteiger partial charge in [0.15, 0.2) is 0 Å². The van der Waals surface area contributed by atoms with E-state index in [0.29, 0.717) is 18.7 Å². The molecule has 2 N–H and O–H groups in total. The Hall–Kier alpha value is -1.00. The summed E-state index contributed by atoms with van der Waals surface area (Å²) in [6.45, 7) is 2.65. The molecule has 1 aromatic carbocycles. The van der Waals surface area contributed by atoms with Gasteiger partial charge in [-0.15, -0.1) is 0 Å². The van der Waals surface area contributed by atoms with Gasteiger partial charge in [-0.25, -0.2) is 8.78 Å². The van der Waals surface area contributed by atoms with Gasteiger partial charge in [-0.2, -0.15) is 0 Å². The number of nitrogens with two attached hydrogens (primary N) is 1. The molecule has 84 valence electrons. The van der Waals surface area contributed by atoms with E-state index in [-0.39, 0.29) is 11.7 Å². The Balaban J connectivity index is 2.87. The van der Waals surface area contributed by atoms with Gasteiger partial charge in [0.25, 0.3) is 6.43 Å². The number of alkyl halides is 2. The Morgan fingerprint density at radius 3 is 2.53 bits per heavy atom. The minimum absolute atomic E-state index is 0.00523. The smallest absolute Gasteiger partial charge is 0.263 e. The lowest BCUT2D eigenvalue weighted by Crippen LogP contribution is -2.15. The number of halogens is 2. The van der Waals surface area contributed by atoms with Gasteiger partial charge in [0.1, 0.15) is 0 Å². The van der Waals surface area contributed by atoms with Crippen LogP contribution >= 0.6 is 0 Å². The fourth-order valence-corrected chi connectivity index (χ4v) is 1.40. The molecule has 15 heavy (non-hydrogen) atoms. The molecule has 0 bridgehead atoms. The summed E-state index contributed by atoms with van der Waals surface area (Å²) in [7, 11) is 0. The van der Waals surface area contributed by atoms with Crippen molar-refractivity contribution in [3.8, 4) is 0 Å². The molecular formula is C11H15F2NO. The van der Waals surface area contributed by atoms with E-state index < -0.39 is 6.43 Å². The second kappa shape index (κ2) is 5.78. The first-order valence-electron chi connectivity index (χ1n) is 4.88. The molecule has 0 aromatic heterocycles. The lowest BCUT2D eigenvalue weighted by Gasteiger charge is -2.15. The molecule has 0 saturated heterocycles. The van der Waals surface area contributed by atoms with E-state index in [1.165, 1.54) is 12.1 Å². The molecular weight excluding hydrogens is 200 g/mol. The molecule has 0 radical (unpaired) electrons. The van der Waals surface area contributed by atoms with Crippen LogP contribution in [0.3, 0.4) is 0 Å². The Labute approximate surface area is 88.0 Å². The fraction of sp³-hybridized carbons (Fsp3) is 0.455. The average Bonchev–Trinajstić information content (AvgIpc) is 2.26. The minimum atomic E-state index is -2.45. The number of hydrogen-bond acceptors (Lipinski definition) is 2. The Bertz CT molecular complexity index is 304. The van der Waals surface area contributed by atoms with E-state index in [1.54, 1.807) is 12.1 Å². The van der Waals surface area contributed by atoms with Gasteiger partial charge in [0, 0.05) is 18.7 Å². The number of rotatable bonds is 5. The zero-order chi connectivity index (χ0) is 11.3. The Morgan fingerprint density at radius 1 is 1.33 bits per heavy atom. The molecule has 0 aliphatic rings. The topological polar surface area (TPSA) is 35.2 Å². The molecule has 0 aliphatic heterocycles. The molecule has 0 amide bonds. The quantitative estimate of drug-likeness (QED) is 0.819. The summed E-state index contributed by atoms with van der Waals surface area (Å²) in [6.07, 6.45) is -2.75. The van der Waals surface area contributed by atoms with E-state index in [2.05, 4.69) is 0 Å². The number of hydrogen-bond donors (Lipinski definition) is 1. The molecule has 1 unspecified atom stereocenters. The summed E-state index contributed by atoms with van der Waals surface area (Å²) in [6, 6.07) is 6.18. The average molecular weight is 215 g/mol. The summed E-state index contributed by atoms with van der Waals surface area (Å²) in [5.41, 5.74) is 6.22. The van der Waals surface area contributed by atoms with Crippen molar-refractivity contribution >= 4 is 0 Å². The SMILES string of the molecule is CCOC(CN)c1cccc(C(F)F)c1. The highest BCUT2D eigenvalue weighted by Crippen LogP contribution is 2.23. The highest BCUT2D eigenvalue weighted by Gasteiger charge is 2.12. The third kappa shape index (κ3) is 3.25. The second-order valence-corrected chi connectivity index (χ2v) is 3.15. The fourth-order valence-electron chi connectivity index (χ4n) is 1.40. The summed E-state index contributed by atoms with van der Waals surface area (Å²) in [4.78, 5) is 0. The molecule has 0 saturated carbocycles. The van der Waals surface area contributed by atoms with Crippen LogP contribution in [0.15, 0.2) is 24.3 Å². The van der Waals surface area contributed by atoms with Gasteiger partial charge in [0.05, 0.1) is 6.10 Å².